The molecule has 2 aromatic rings. The first-order valence-corrected chi connectivity index (χ1v) is 7.53. The van der Waals surface area contributed by atoms with Gasteiger partial charge in [0.15, 0.2) is 5.78 Å². The van der Waals surface area contributed by atoms with Crippen molar-refractivity contribution in [3.8, 4) is 5.75 Å². The van der Waals surface area contributed by atoms with E-state index in [1.807, 2.05) is 0 Å². The van der Waals surface area contributed by atoms with Gasteiger partial charge in [-0.05, 0) is 42.5 Å². The van der Waals surface area contributed by atoms with Crippen LogP contribution in [0.1, 0.15) is 32.7 Å². The summed E-state index contributed by atoms with van der Waals surface area (Å²) in [6.07, 6.45) is -5.41. The van der Waals surface area contributed by atoms with E-state index in [1.165, 1.54) is 31.4 Å². The average Bonchev–Trinajstić information content (AvgIpc) is 2.60. The number of ketones is 1. The zero-order valence-electron chi connectivity index (χ0n) is 14.0. The Labute approximate surface area is 151 Å². The van der Waals surface area contributed by atoms with Gasteiger partial charge in [0, 0.05) is 11.3 Å². The molecule has 2 rings (SSSR count). The van der Waals surface area contributed by atoms with E-state index in [0.717, 1.165) is 6.07 Å². The molecule has 0 aliphatic rings. The third-order valence-electron chi connectivity index (χ3n) is 3.52. The van der Waals surface area contributed by atoms with E-state index in [0.29, 0.717) is 17.9 Å². The number of alkyl halides is 3. The Morgan fingerprint density at radius 3 is 2.19 bits per heavy atom. The van der Waals surface area contributed by atoms with Gasteiger partial charge in [-0.1, -0.05) is 0 Å². The molecule has 0 fully saturated rings. The number of rotatable bonds is 6. The minimum atomic E-state index is -4.79. The van der Waals surface area contributed by atoms with E-state index in [4.69, 9.17) is 9.84 Å². The Kier molecular flexibility index (Phi) is 5.84. The van der Waals surface area contributed by atoms with Crippen molar-refractivity contribution in [3.63, 3.8) is 0 Å². The van der Waals surface area contributed by atoms with E-state index >= 15 is 0 Å². The lowest BCUT2D eigenvalue weighted by Crippen LogP contribution is -2.18. The molecule has 0 aliphatic heterocycles. The van der Waals surface area contributed by atoms with Gasteiger partial charge in [0.25, 0.3) is 0 Å². The minimum Gasteiger partial charge on any atom is -0.497 e. The van der Waals surface area contributed by atoms with Crippen molar-refractivity contribution in [1.82, 2.24) is 0 Å². The fourth-order valence-corrected chi connectivity index (χ4v) is 2.22. The fraction of sp³-hybridized carbons (Fsp3) is 0.167. The maximum atomic E-state index is 12.9. The molecule has 2 aromatic carbocycles. The van der Waals surface area contributed by atoms with Gasteiger partial charge in [0.05, 0.1) is 24.7 Å². The van der Waals surface area contributed by atoms with E-state index in [1.54, 1.807) is 0 Å². The lowest BCUT2D eigenvalue weighted by molar-refractivity contribution is -0.137. The van der Waals surface area contributed by atoms with Gasteiger partial charge in [-0.15, -0.1) is 0 Å². The molecule has 27 heavy (non-hydrogen) atoms. The molecular formula is C18H14F3NO5. The predicted octanol–water partition coefficient (Wildman–Crippen LogP) is 3.62. The van der Waals surface area contributed by atoms with Crippen LogP contribution < -0.4 is 10.1 Å². The molecule has 0 bridgehead atoms. The number of methoxy groups -OCH3 is 1. The summed E-state index contributed by atoms with van der Waals surface area (Å²) >= 11 is 0. The smallest absolute Gasteiger partial charge is 0.416 e. The quantitative estimate of drug-likeness (QED) is 0.589. The summed E-state index contributed by atoms with van der Waals surface area (Å²) in [5, 5.41) is 11.1. The van der Waals surface area contributed by atoms with Gasteiger partial charge in [-0.25, -0.2) is 4.79 Å². The topological polar surface area (TPSA) is 92.7 Å². The molecule has 2 N–H and O–H groups in total. The van der Waals surface area contributed by atoms with Crippen LogP contribution in [-0.4, -0.2) is 29.9 Å². The summed E-state index contributed by atoms with van der Waals surface area (Å²) in [6, 6.07) is 7.88. The lowest BCUT2D eigenvalue weighted by Gasteiger charge is -2.11. The van der Waals surface area contributed by atoms with Crippen molar-refractivity contribution >= 4 is 23.3 Å². The number of amides is 1. The van der Waals surface area contributed by atoms with E-state index in [2.05, 4.69) is 5.32 Å². The van der Waals surface area contributed by atoms with Crippen LogP contribution in [0.4, 0.5) is 18.9 Å². The number of hydrogen-bond donors (Lipinski definition) is 2. The second kappa shape index (κ2) is 7.90. The standard InChI is InChI=1S/C18H14F3NO5/c1-27-14-4-2-10(3-5-14)15(23)9-16(24)22-13-7-11(17(25)26)6-12(8-13)18(19,20)21/h2-8H,9H2,1H3,(H,22,24)(H,25,26). The zero-order chi connectivity index (χ0) is 20.2. The highest BCUT2D eigenvalue weighted by molar-refractivity contribution is 6.11. The van der Waals surface area contributed by atoms with Gasteiger partial charge in [0.1, 0.15) is 5.75 Å². The molecule has 0 aliphatic carbocycles. The summed E-state index contributed by atoms with van der Waals surface area (Å²) in [6.45, 7) is 0. The Hall–Kier alpha value is -3.36. The van der Waals surface area contributed by atoms with Crippen LogP contribution in [0.25, 0.3) is 0 Å². The van der Waals surface area contributed by atoms with E-state index < -0.39 is 41.4 Å². The Bertz CT molecular complexity index is 876. The second-order valence-electron chi connectivity index (χ2n) is 5.48. The first-order valence-electron chi connectivity index (χ1n) is 7.53. The number of carbonyl (C=O) groups is 3. The van der Waals surface area contributed by atoms with Crippen molar-refractivity contribution < 1.29 is 37.4 Å². The molecule has 9 heteroatoms. The maximum absolute atomic E-state index is 12.9. The van der Waals surface area contributed by atoms with Gasteiger partial charge < -0.3 is 15.2 Å². The molecule has 0 atom stereocenters. The largest absolute Gasteiger partial charge is 0.497 e. The van der Waals surface area contributed by atoms with Crippen molar-refractivity contribution in [2.24, 2.45) is 0 Å². The van der Waals surface area contributed by atoms with Crippen LogP contribution in [0.5, 0.6) is 5.75 Å². The molecule has 0 saturated carbocycles. The zero-order valence-corrected chi connectivity index (χ0v) is 14.0. The lowest BCUT2D eigenvalue weighted by atomic mass is 10.1. The van der Waals surface area contributed by atoms with Gasteiger partial charge in [0.2, 0.25) is 5.91 Å². The Morgan fingerprint density at radius 1 is 1.04 bits per heavy atom. The highest BCUT2D eigenvalue weighted by Crippen LogP contribution is 2.32. The molecular weight excluding hydrogens is 367 g/mol. The second-order valence-corrected chi connectivity index (χ2v) is 5.48. The number of hydrogen-bond acceptors (Lipinski definition) is 4. The highest BCUT2D eigenvalue weighted by atomic mass is 19.4. The van der Waals surface area contributed by atoms with Crippen LogP contribution in [0, 0.1) is 0 Å². The SMILES string of the molecule is COc1ccc(C(=O)CC(=O)Nc2cc(C(=O)O)cc(C(F)(F)F)c2)cc1. The van der Waals surface area contributed by atoms with Gasteiger partial charge >= 0.3 is 12.1 Å². The number of anilines is 1. The summed E-state index contributed by atoms with van der Waals surface area (Å²) in [4.78, 5) is 35.0. The number of aromatic carboxylic acids is 1. The van der Waals surface area contributed by atoms with Crippen molar-refractivity contribution in [2.75, 3.05) is 12.4 Å². The molecule has 0 aromatic heterocycles. The molecule has 0 radical (unpaired) electrons. The van der Waals surface area contributed by atoms with Crippen molar-refractivity contribution in [1.29, 1.82) is 0 Å². The molecule has 0 saturated heterocycles. The number of carboxylic acid groups (broad SMARTS) is 1. The van der Waals surface area contributed by atoms with Gasteiger partial charge in [-0.2, -0.15) is 13.2 Å². The van der Waals surface area contributed by atoms with Crippen molar-refractivity contribution in [2.45, 2.75) is 12.6 Å². The van der Waals surface area contributed by atoms with E-state index in [-0.39, 0.29) is 11.3 Å². The predicted molar refractivity (Wildman–Crippen MR) is 89.0 cm³/mol. The first-order chi connectivity index (χ1) is 12.6. The van der Waals surface area contributed by atoms with Crippen LogP contribution in [0.3, 0.4) is 0 Å². The van der Waals surface area contributed by atoms with E-state index in [9.17, 15) is 27.6 Å². The number of nitrogens with one attached hydrogen (secondary N) is 1. The maximum Gasteiger partial charge on any atom is 0.416 e. The molecule has 142 valence electrons. The van der Waals surface area contributed by atoms with Crippen LogP contribution in [-0.2, 0) is 11.0 Å². The van der Waals surface area contributed by atoms with Crippen LogP contribution in [0.15, 0.2) is 42.5 Å². The Balaban J connectivity index is 2.15. The Morgan fingerprint density at radius 2 is 1.67 bits per heavy atom. The summed E-state index contributed by atoms with van der Waals surface area (Å²) < 4.78 is 43.6. The minimum absolute atomic E-state index is 0.223. The fourth-order valence-electron chi connectivity index (χ4n) is 2.22. The summed E-state index contributed by atoms with van der Waals surface area (Å²) in [7, 11) is 1.45. The highest BCUT2D eigenvalue weighted by Gasteiger charge is 2.32. The van der Waals surface area contributed by atoms with Crippen molar-refractivity contribution in [3.05, 3.63) is 59.2 Å². The normalized spacial score (nSPS) is 11.0. The third-order valence-corrected chi connectivity index (χ3v) is 3.52. The van der Waals surface area contributed by atoms with Crippen LogP contribution in [0.2, 0.25) is 0 Å². The van der Waals surface area contributed by atoms with Gasteiger partial charge in [-0.3, -0.25) is 9.59 Å². The summed E-state index contributed by atoms with van der Waals surface area (Å²) in [5.74, 6) is -2.49. The number of carbonyl (C=O) groups excluding carboxylic acids is 2. The average molecular weight is 381 g/mol. The molecule has 0 heterocycles. The molecule has 1 amide bonds. The third kappa shape index (κ3) is 5.30. The molecule has 0 unspecified atom stereocenters. The number of ether oxygens (including phenoxy) is 1. The summed E-state index contributed by atoms with van der Waals surface area (Å²) in [5.41, 5.74) is -2.00. The number of carboxylic acids is 1. The molecule has 6 nitrogen and oxygen atoms in total. The monoisotopic (exact) mass is 381 g/mol. The number of halogens is 3. The first kappa shape index (κ1) is 20.0. The number of Topliss-reactive ketones (excluding diaryl/α,β-unsaturated/α-hetero) is 1. The number of benzene rings is 2. The molecule has 0 spiro atoms. The van der Waals surface area contributed by atoms with Crippen LogP contribution >= 0.6 is 0 Å².